The van der Waals surface area contributed by atoms with Crippen molar-refractivity contribution < 1.29 is 14.9 Å². The van der Waals surface area contributed by atoms with Gasteiger partial charge in [0.25, 0.3) is 0 Å². The van der Waals surface area contributed by atoms with E-state index in [9.17, 15) is 10.2 Å². The number of imidazole rings is 1. The van der Waals surface area contributed by atoms with Crippen molar-refractivity contribution in [1.82, 2.24) is 19.5 Å². The molecule has 3 atom stereocenters. The van der Waals surface area contributed by atoms with Crippen molar-refractivity contribution in [3.63, 3.8) is 0 Å². The fourth-order valence-electron chi connectivity index (χ4n) is 3.24. The highest BCUT2D eigenvalue weighted by Crippen LogP contribution is 2.41. The van der Waals surface area contributed by atoms with Gasteiger partial charge < -0.3 is 20.7 Å². The SMILES string of the molecule is CCCCC[C@]1(O)C[C@H](n2cnc3c(N)nc(Cl)nc32)O[C@@H]1CO. The zero-order valence-electron chi connectivity index (χ0n) is 13.5. The Morgan fingerprint density at radius 1 is 1.46 bits per heavy atom. The summed E-state index contributed by atoms with van der Waals surface area (Å²) in [5.74, 6) is 0.193. The van der Waals surface area contributed by atoms with Crippen LogP contribution in [0, 0.1) is 0 Å². The zero-order valence-corrected chi connectivity index (χ0v) is 14.3. The third-order valence-electron chi connectivity index (χ3n) is 4.56. The van der Waals surface area contributed by atoms with E-state index in [1.165, 1.54) is 0 Å². The average molecular weight is 356 g/mol. The molecule has 0 bridgehead atoms. The maximum Gasteiger partial charge on any atom is 0.226 e. The second-order valence-corrected chi connectivity index (χ2v) is 6.57. The lowest BCUT2D eigenvalue weighted by Gasteiger charge is -2.26. The first kappa shape index (κ1) is 17.3. The summed E-state index contributed by atoms with van der Waals surface area (Å²) in [6.45, 7) is 1.86. The molecule has 9 heteroatoms. The van der Waals surface area contributed by atoms with Gasteiger partial charge in [-0.1, -0.05) is 26.2 Å². The maximum atomic E-state index is 10.9. The van der Waals surface area contributed by atoms with Crippen molar-refractivity contribution >= 4 is 28.6 Å². The molecule has 1 fully saturated rings. The van der Waals surface area contributed by atoms with Gasteiger partial charge in [-0.15, -0.1) is 0 Å². The molecule has 4 N–H and O–H groups in total. The summed E-state index contributed by atoms with van der Waals surface area (Å²) in [6, 6.07) is 0. The highest BCUT2D eigenvalue weighted by molar-refractivity contribution is 6.28. The Bertz CT molecular complexity index is 724. The minimum absolute atomic E-state index is 0.0247. The number of fused-ring (bicyclic) bond motifs is 1. The van der Waals surface area contributed by atoms with Crippen LogP contribution in [0.5, 0.6) is 0 Å². The molecule has 2 aromatic heterocycles. The summed E-state index contributed by atoms with van der Waals surface area (Å²) in [5, 5.41) is 20.5. The minimum atomic E-state index is -1.08. The molecule has 2 aromatic rings. The van der Waals surface area contributed by atoms with Crippen LogP contribution >= 0.6 is 11.6 Å². The molecule has 1 aliphatic heterocycles. The second-order valence-electron chi connectivity index (χ2n) is 6.23. The number of hydrogen-bond donors (Lipinski definition) is 3. The predicted octanol–water partition coefficient (Wildman–Crippen LogP) is 1.65. The van der Waals surface area contributed by atoms with E-state index in [2.05, 4.69) is 21.9 Å². The highest BCUT2D eigenvalue weighted by atomic mass is 35.5. The molecule has 0 aliphatic carbocycles. The summed E-state index contributed by atoms with van der Waals surface area (Å²) in [4.78, 5) is 12.3. The van der Waals surface area contributed by atoms with Crippen molar-refractivity contribution in [2.24, 2.45) is 0 Å². The molecule has 0 unspecified atom stereocenters. The van der Waals surface area contributed by atoms with Gasteiger partial charge in [0.1, 0.15) is 17.8 Å². The molecule has 0 saturated carbocycles. The minimum Gasteiger partial charge on any atom is -0.394 e. The fourth-order valence-corrected chi connectivity index (χ4v) is 3.41. The Kier molecular flexibility index (Phi) is 4.91. The topological polar surface area (TPSA) is 119 Å². The lowest BCUT2D eigenvalue weighted by molar-refractivity contribution is -0.0849. The molecule has 24 heavy (non-hydrogen) atoms. The Balaban J connectivity index is 1.88. The van der Waals surface area contributed by atoms with Crippen LogP contribution in [0.4, 0.5) is 5.82 Å². The second kappa shape index (κ2) is 6.79. The Labute approximate surface area is 144 Å². The molecule has 0 amide bonds. The van der Waals surface area contributed by atoms with Gasteiger partial charge in [-0.25, -0.2) is 4.98 Å². The van der Waals surface area contributed by atoms with E-state index in [0.717, 1.165) is 19.3 Å². The van der Waals surface area contributed by atoms with Crippen LogP contribution in [0.15, 0.2) is 6.33 Å². The van der Waals surface area contributed by atoms with Crippen molar-refractivity contribution in [3.8, 4) is 0 Å². The summed E-state index contributed by atoms with van der Waals surface area (Å²) in [5.41, 5.74) is 5.63. The number of unbranched alkanes of at least 4 members (excludes halogenated alkanes) is 2. The molecule has 0 radical (unpaired) electrons. The predicted molar refractivity (Wildman–Crippen MR) is 89.5 cm³/mol. The molecule has 0 spiro atoms. The van der Waals surface area contributed by atoms with Gasteiger partial charge in [0, 0.05) is 6.42 Å². The lowest BCUT2D eigenvalue weighted by Crippen LogP contribution is -2.40. The van der Waals surface area contributed by atoms with Gasteiger partial charge in [0.15, 0.2) is 11.5 Å². The summed E-state index contributed by atoms with van der Waals surface area (Å²) < 4.78 is 7.55. The third-order valence-corrected chi connectivity index (χ3v) is 4.73. The number of nitrogens with two attached hydrogens (primary N) is 1. The average Bonchev–Trinajstić information content (AvgIpc) is 3.09. The lowest BCUT2D eigenvalue weighted by atomic mass is 9.89. The normalized spacial score (nSPS) is 27.2. The number of anilines is 1. The van der Waals surface area contributed by atoms with Crippen LogP contribution < -0.4 is 5.73 Å². The van der Waals surface area contributed by atoms with E-state index in [1.54, 1.807) is 10.9 Å². The van der Waals surface area contributed by atoms with E-state index in [4.69, 9.17) is 22.1 Å². The van der Waals surface area contributed by atoms with Crippen molar-refractivity contribution in [2.75, 3.05) is 12.3 Å². The number of hydrogen-bond acceptors (Lipinski definition) is 7. The number of aromatic nitrogens is 4. The zero-order chi connectivity index (χ0) is 17.3. The number of aliphatic hydroxyl groups is 2. The van der Waals surface area contributed by atoms with Gasteiger partial charge >= 0.3 is 0 Å². The number of nitrogen functional groups attached to an aromatic ring is 1. The van der Waals surface area contributed by atoms with Gasteiger partial charge in [-0.05, 0) is 18.0 Å². The van der Waals surface area contributed by atoms with E-state index >= 15 is 0 Å². The molecule has 0 aromatic carbocycles. The molecular weight excluding hydrogens is 334 g/mol. The fraction of sp³-hybridized carbons (Fsp3) is 0.667. The summed E-state index contributed by atoms with van der Waals surface area (Å²) in [7, 11) is 0. The Hall–Kier alpha value is -1.48. The summed E-state index contributed by atoms with van der Waals surface area (Å²) >= 11 is 5.88. The van der Waals surface area contributed by atoms with Crippen LogP contribution in [-0.2, 0) is 4.74 Å². The quantitative estimate of drug-likeness (QED) is 0.532. The molecule has 3 rings (SSSR count). The number of ether oxygens (including phenoxy) is 1. The van der Waals surface area contributed by atoms with Crippen molar-refractivity contribution in [1.29, 1.82) is 0 Å². The third kappa shape index (κ3) is 3.06. The van der Waals surface area contributed by atoms with Crippen molar-refractivity contribution in [2.45, 2.75) is 57.0 Å². The Morgan fingerprint density at radius 3 is 2.96 bits per heavy atom. The number of nitrogens with zero attached hydrogens (tertiary/aromatic N) is 4. The molecule has 1 saturated heterocycles. The standard InChI is InChI=1S/C15H22ClN5O3/c1-2-3-4-5-15(23)6-10(24-9(15)7-22)21-8-18-11-12(17)19-14(16)20-13(11)21/h8-10,22-23H,2-7H2,1H3,(H2,17,19,20)/t9-,10-,15+/m1/s1. The summed E-state index contributed by atoms with van der Waals surface area (Å²) in [6.07, 6.45) is 4.29. The van der Waals surface area contributed by atoms with Crippen LogP contribution in [0.1, 0.15) is 45.3 Å². The largest absolute Gasteiger partial charge is 0.394 e. The van der Waals surface area contributed by atoms with Gasteiger partial charge in [0.05, 0.1) is 18.5 Å². The number of rotatable bonds is 6. The van der Waals surface area contributed by atoms with Crippen molar-refractivity contribution in [3.05, 3.63) is 11.6 Å². The molecule has 3 heterocycles. The van der Waals surface area contributed by atoms with E-state index in [1.807, 2.05) is 0 Å². The monoisotopic (exact) mass is 355 g/mol. The van der Waals surface area contributed by atoms with Crippen LogP contribution in [0.3, 0.4) is 0 Å². The van der Waals surface area contributed by atoms with E-state index < -0.39 is 17.9 Å². The highest BCUT2D eigenvalue weighted by Gasteiger charge is 2.47. The number of halogens is 1. The first-order valence-electron chi connectivity index (χ1n) is 8.12. The van der Waals surface area contributed by atoms with Gasteiger partial charge in [-0.3, -0.25) is 4.57 Å². The first-order valence-corrected chi connectivity index (χ1v) is 8.50. The van der Waals surface area contributed by atoms with Gasteiger partial charge in [0.2, 0.25) is 5.28 Å². The molecular formula is C15H22ClN5O3. The maximum absolute atomic E-state index is 10.9. The number of aliphatic hydroxyl groups excluding tert-OH is 1. The first-order chi connectivity index (χ1) is 11.5. The van der Waals surface area contributed by atoms with Crippen LogP contribution in [-0.4, -0.2) is 48.0 Å². The Morgan fingerprint density at radius 2 is 2.25 bits per heavy atom. The molecule has 8 nitrogen and oxygen atoms in total. The molecule has 132 valence electrons. The van der Waals surface area contributed by atoms with Crippen LogP contribution in [0.25, 0.3) is 11.2 Å². The smallest absolute Gasteiger partial charge is 0.226 e. The van der Waals surface area contributed by atoms with Gasteiger partial charge in [-0.2, -0.15) is 9.97 Å². The van der Waals surface area contributed by atoms with E-state index in [0.29, 0.717) is 24.0 Å². The molecule has 1 aliphatic rings. The van der Waals surface area contributed by atoms with E-state index in [-0.39, 0.29) is 17.7 Å². The van der Waals surface area contributed by atoms with Crippen LogP contribution in [0.2, 0.25) is 5.28 Å².